The average molecular weight is 302 g/mol. The summed E-state index contributed by atoms with van der Waals surface area (Å²) in [5.41, 5.74) is 1.01. The molecule has 2 heterocycles. The van der Waals surface area contributed by atoms with Crippen molar-refractivity contribution >= 4 is 17.4 Å². The molecule has 1 amide bonds. The summed E-state index contributed by atoms with van der Waals surface area (Å²) in [5, 5.41) is 5.50. The summed E-state index contributed by atoms with van der Waals surface area (Å²) < 4.78 is 5.40. The van der Waals surface area contributed by atoms with Gasteiger partial charge in [-0.3, -0.25) is 0 Å². The second-order valence-corrected chi connectivity index (χ2v) is 5.99. The molecule has 1 saturated heterocycles. The predicted molar refractivity (Wildman–Crippen MR) is 83.3 cm³/mol. The van der Waals surface area contributed by atoms with E-state index in [9.17, 15) is 4.79 Å². The zero-order valence-electron chi connectivity index (χ0n) is 11.7. The summed E-state index contributed by atoms with van der Waals surface area (Å²) in [5.74, 6) is 0. The summed E-state index contributed by atoms with van der Waals surface area (Å²) in [6.45, 7) is 2.47. The van der Waals surface area contributed by atoms with E-state index in [-0.39, 0.29) is 12.1 Å². The minimum absolute atomic E-state index is 0.211. The summed E-state index contributed by atoms with van der Waals surface area (Å²) >= 11 is 1.71. The third-order valence-corrected chi connectivity index (χ3v) is 4.51. The molecule has 0 saturated carbocycles. The van der Waals surface area contributed by atoms with Crippen molar-refractivity contribution in [3.63, 3.8) is 0 Å². The van der Waals surface area contributed by atoms with E-state index in [0.29, 0.717) is 19.7 Å². The molecule has 0 aliphatic carbocycles. The molecule has 0 radical (unpaired) electrons. The van der Waals surface area contributed by atoms with Crippen LogP contribution in [-0.2, 0) is 11.3 Å². The zero-order valence-corrected chi connectivity index (χ0v) is 12.5. The van der Waals surface area contributed by atoms with Gasteiger partial charge in [0.15, 0.2) is 0 Å². The number of hydrogen-bond acceptors (Lipinski definition) is 4. The molecule has 0 unspecified atom stereocenters. The predicted octanol–water partition coefficient (Wildman–Crippen LogP) is 3.03. The molecule has 0 spiro atoms. The van der Waals surface area contributed by atoms with E-state index < -0.39 is 0 Å². The highest BCUT2D eigenvalue weighted by Gasteiger charge is 2.25. The van der Waals surface area contributed by atoms with Crippen molar-refractivity contribution in [1.29, 1.82) is 0 Å². The van der Waals surface area contributed by atoms with Gasteiger partial charge in [0.1, 0.15) is 6.61 Å². The lowest BCUT2D eigenvalue weighted by atomic mass is 10.2. The van der Waals surface area contributed by atoms with Gasteiger partial charge in [-0.05, 0) is 17.0 Å². The van der Waals surface area contributed by atoms with Crippen LogP contribution >= 0.6 is 11.3 Å². The number of amides is 1. The molecule has 1 atom stereocenters. The molecule has 4 nitrogen and oxygen atoms in total. The van der Waals surface area contributed by atoms with Crippen molar-refractivity contribution in [3.8, 4) is 0 Å². The number of piperazine rings is 1. The molecule has 2 aromatic rings. The highest BCUT2D eigenvalue weighted by atomic mass is 32.1. The monoisotopic (exact) mass is 302 g/mol. The Morgan fingerprint density at radius 3 is 2.90 bits per heavy atom. The van der Waals surface area contributed by atoms with Crippen LogP contribution in [0.5, 0.6) is 0 Å². The van der Waals surface area contributed by atoms with Crippen molar-refractivity contribution in [1.82, 2.24) is 10.2 Å². The fourth-order valence-corrected chi connectivity index (χ4v) is 3.20. The molecular formula is C16H18N2O2S. The van der Waals surface area contributed by atoms with Crippen molar-refractivity contribution in [3.05, 3.63) is 58.3 Å². The normalized spacial score (nSPS) is 18.5. The molecule has 0 bridgehead atoms. The Kier molecular flexibility index (Phi) is 4.52. The molecule has 21 heavy (non-hydrogen) atoms. The first kappa shape index (κ1) is 14.1. The molecule has 1 aliphatic rings. The van der Waals surface area contributed by atoms with Crippen LogP contribution in [0.4, 0.5) is 4.79 Å². The molecule has 1 aliphatic heterocycles. The maximum absolute atomic E-state index is 12.2. The second-order valence-electron chi connectivity index (χ2n) is 5.01. The van der Waals surface area contributed by atoms with E-state index in [4.69, 9.17) is 4.74 Å². The summed E-state index contributed by atoms with van der Waals surface area (Å²) in [6, 6.07) is 14.1. The van der Waals surface area contributed by atoms with Gasteiger partial charge in [-0.15, -0.1) is 11.3 Å². The van der Waals surface area contributed by atoms with Gasteiger partial charge in [0.25, 0.3) is 0 Å². The molecule has 5 heteroatoms. The molecule has 110 valence electrons. The highest BCUT2D eigenvalue weighted by Crippen LogP contribution is 2.22. The topological polar surface area (TPSA) is 41.6 Å². The number of hydrogen-bond donors (Lipinski definition) is 1. The lowest BCUT2D eigenvalue weighted by Gasteiger charge is -2.32. The average Bonchev–Trinajstić information content (AvgIpc) is 3.08. The third-order valence-electron chi connectivity index (χ3n) is 3.53. The second kappa shape index (κ2) is 6.74. The number of carbonyl (C=O) groups excluding carboxylic acids is 1. The van der Waals surface area contributed by atoms with Gasteiger partial charge in [-0.2, -0.15) is 0 Å². The van der Waals surface area contributed by atoms with Gasteiger partial charge in [0, 0.05) is 24.5 Å². The van der Waals surface area contributed by atoms with Crippen LogP contribution in [0.3, 0.4) is 0 Å². The van der Waals surface area contributed by atoms with Gasteiger partial charge in [0.05, 0.1) is 6.04 Å². The Balaban J connectivity index is 1.55. The van der Waals surface area contributed by atoms with Crippen LogP contribution in [0.25, 0.3) is 0 Å². The standard InChI is InChI=1S/C16H18N2O2S/c19-16(20-12-13-5-2-1-3-6-13)18-9-8-17-14(11-18)15-7-4-10-21-15/h1-7,10,14,17H,8-9,11-12H2/t14-/m1/s1. The first-order valence-corrected chi connectivity index (χ1v) is 7.93. The third kappa shape index (κ3) is 3.62. The molecule has 1 fully saturated rings. The number of carbonyl (C=O) groups is 1. The van der Waals surface area contributed by atoms with Gasteiger partial charge >= 0.3 is 6.09 Å². The van der Waals surface area contributed by atoms with Crippen LogP contribution in [0.1, 0.15) is 16.5 Å². The number of nitrogens with zero attached hydrogens (tertiary/aromatic N) is 1. The van der Waals surface area contributed by atoms with E-state index >= 15 is 0 Å². The number of benzene rings is 1. The first-order valence-electron chi connectivity index (χ1n) is 7.05. The zero-order chi connectivity index (χ0) is 14.5. The Morgan fingerprint density at radius 1 is 1.29 bits per heavy atom. The smallest absolute Gasteiger partial charge is 0.410 e. The van der Waals surface area contributed by atoms with E-state index in [1.807, 2.05) is 36.4 Å². The molecule has 1 aromatic carbocycles. The Bertz CT molecular complexity index is 571. The highest BCUT2D eigenvalue weighted by molar-refractivity contribution is 7.10. The quantitative estimate of drug-likeness (QED) is 0.947. The number of ether oxygens (including phenoxy) is 1. The van der Waals surface area contributed by atoms with Gasteiger partial charge in [-0.1, -0.05) is 36.4 Å². The van der Waals surface area contributed by atoms with Crippen LogP contribution in [-0.4, -0.2) is 30.6 Å². The van der Waals surface area contributed by atoms with E-state index in [1.165, 1.54) is 4.88 Å². The van der Waals surface area contributed by atoms with Crippen LogP contribution in [0.15, 0.2) is 47.8 Å². The Hall–Kier alpha value is -1.85. The number of rotatable bonds is 3. The van der Waals surface area contributed by atoms with Crippen LogP contribution < -0.4 is 5.32 Å². The molecule has 3 rings (SSSR count). The Morgan fingerprint density at radius 2 is 2.14 bits per heavy atom. The van der Waals surface area contributed by atoms with Gasteiger partial charge < -0.3 is 15.0 Å². The maximum Gasteiger partial charge on any atom is 0.410 e. The minimum atomic E-state index is -0.234. The molecule has 1 N–H and O–H groups in total. The lowest BCUT2D eigenvalue weighted by molar-refractivity contribution is 0.0852. The summed E-state index contributed by atoms with van der Waals surface area (Å²) in [6.07, 6.45) is -0.234. The van der Waals surface area contributed by atoms with Gasteiger partial charge in [-0.25, -0.2) is 4.79 Å². The van der Waals surface area contributed by atoms with Crippen molar-refractivity contribution in [2.45, 2.75) is 12.6 Å². The summed E-state index contributed by atoms with van der Waals surface area (Å²) in [7, 11) is 0. The van der Waals surface area contributed by atoms with E-state index in [1.54, 1.807) is 16.2 Å². The van der Waals surface area contributed by atoms with Crippen molar-refractivity contribution < 1.29 is 9.53 Å². The van der Waals surface area contributed by atoms with E-state index in [2.05, 4.69) is 16.8 Å². The van der Waals surface area contributed by atoms with Crippen LogP contribution in [0.2, 0.25) is 0 Å². The lowest BCUT2D eigenvalue weighted by Crippen LogP contribution is -2.48. The number of thiophene rings is 1. The maximum atomic E-state index is 12.2. The van der Waals surface area contributed by atoms with Crippen molar-refractivity contribution in [2.75, 3.05) is 19.6 Å². The Labute approximate surface area is 128 Å². The SMILES string of the molecule is O=C(OCc1ccccc1)N1CCN[C@@H](c2cccs2)C1. The molecule has 1 aromatic heterocycles. The summed E-state index contributed by atoms with van der Waals surface area (Å²) in [4.78, 5) is 15.2. The minimum Gasteiger partial charge on any atom is -0.445 e. The van der Waals surface area contributed by atoms with E-state index in [0.717, 1.165) is 12.1 Å². The fourth-order valence-electron chi connectivity index (χ4n) is 2.41. The van der Waals surface area contributed by atoms with Gasteiger partial charge in [0.2, 0.25) is 0 Å². The largest absolute Gasteiger partial charge is 0.445 e. The first-order chi connectivity index (χ1) is 10.3. The number of nitrogens with one attached hydrogen (secondary N) is 1. The fraction of sp³-hybridized carbons (Fsp3) is 0.312. The van der Waals surface area contributed by atoms with Crippen LogP contribution in [0, 0.1) is 0 Å². The molecular weight excluding hydrogens is 284 g/mol. The van der Waals surface area contributed by atoms with Crippen molar-refractivity contribution in [2.24, 2.45) is 0 Å².